The Balaban J connectivity index is 2.42. The van der Waals surface area contributed by atoms with E-state index in [1.165, 1.54) is 0 Å². The average Bonchev–Trinajstić information content (AvgIpc) is 2.38. The first-order valence-electron chi connectivity index (χ1n) is 5.98. The molecule has 0 saturated heterocycles. The molecule has 3 nitrogen and oxygen atoms in total. The van der Waals surface area contributed by atoms with Gasteiger partial charge in [-0.05, 0) is 31.5 Å². The van der Waals surface area contributed by atoms with Crippen LogP contribution in [-0.2, 0) is 6.42 Å². The molecule has 0 bridgehead atoms. The van der Waals surface area contributed by atoms with Gasteiger partial charge >= 0.3 is 0 Å². The molecule has 0 radical (unpaired) electrons. The van der Waals surface area contributed by atoms with Crippen molar-refractivity contribution in [3.05, 3.63) is 45.3 Å². The van der Waals surface area contributed by atoms with Crippen LogP contribution in [0.4, 0.5) is 0 Å². The van der Waals surface area contributed by atoms with E-state index in [0.717, 1.165) is 5.56 Å². The number of aryl methyl sites for hydroxylation is 2. The van der Waals surface area contributed by atoms with Gasteiger partial charge in [0, 0.05) is 12.0 Å². The fourth-order valence-corrected chi connectivity index (χ4v) is 1.90. The van der Waals surface area contributed by atoms with Gasteiger partial charge in [0.05, 0.1) is 5.02 Å². The van der Waals surface area contributed by atoms with Crippen molar-refractivity contribution in [2.45, 2.75) is 27.2 Å². The molecule has 19 heavy (non-hydrogen) atoms. The Hall–Kier alpha value is -1.32. The molecule has 1 aromatic heterocycles. The zero-order valence-corrected chi connectivity index (χ0v) is 12.5. The largest absolute Gasteiger partial charge is 0.437 e. The molecule has 5 heteroatoms. The lowest BCUT2D eigenvalue weighted by Crippen LogP contribution is -2.00. The molecule has 0 spiro atoms. The van der Waals surface area contributed by atoms with E-state index in [2.05, 4.69) is 9.97 Å². The molecule has 0 aliphatic carbocycles. The second kappa shape index (κ2) is 5.76. The minimum atomic E-state index is 0.408. The van der Waals surface area contributed by atoms with Crippen molar-refractivity contribution in [3.8, 4) is 11.6 Å². The highest BCUT2D eigenvalue weighted by atomic mass is 35.5. The highest BCUT2D eigenvalue weighted by molar-refractivity contribution is 6.32. The number of nitrogens with zero attached hydrogens (tertiary/aromatic N) is 2. The Morgan fingerprint density at radius 2 is 1.89 bits per heavy atom. The number of hydrogen-bond donors (Lipinski definition) is 0. The third-order valence-corrected chi connectivity index (χ3v) is 3.38. The van der Waals surface area contributed by atoms with Gasteiger partial charge in [-0.2, -0.15) is 4.98 Å². The van der Waals surface area contributed by atoms with Crippen molar-refractivity contribution in [3.63, 3.8) is 0 Å². The summed E-state index contributed by atoms with van der Waals surface area (Å²) in [5.41, 5.74) is 1.77. The third-order valence-electron chi connectivity index (χ3n) is 2.70. The molecule has 0 unspecified atom stereocenters. The van der Waals surface area contributed by atoms with E-state index in [0.29, 0.717) is 39.6 Å². The maximum Gasteiger partial charge on any atom is 0.227 e. The highest BCUT2D eigenvalue weighted by Crippen LogP contribution is 2.32. The van der Waals surface area contributed by atoms with E-state index >= 15 is 0 Å². The standard InChI is InChI=1S/C14H14Cl2N2O/c1-4-12-17-13(16)9(3)14(18-12)19-11-7-8(2)5-6-10(11)15/h5-7H,4H2,1-3H3. The Bertz CT molecular complexity index is 615. The van der Waals surface area contributed by atoms with Gasteiger partial charge in [-0.1, -0.05) is 36.2 Å². The second-order valence-corrected chi connectivity index (χ2v) is 5.02. The summed E-state index contributed by atoms with van der Waals surface area (Å²) in [6, 6.07) is 5.58. The Morgan fingerprint density at radius 3 is 2.58 bits per heavy atom. The molecule has 2 rings (SSSR count). The number of ether oxygens (including phenoxy) is 1. The Kier molecular flexibility index (Phi) is 4.27. The molecule has 0 aliphatic rings. The summed E-state index contributed by atoms with van der Waals surface area (Å²) in [6.45, 7) is 5.76. The molecule has 100 valence electrons. The van der Waals surface area contributed by atoms with Crippen LogP contribution in [0.25, 0.3) is 0 Å². The fourth-order valence-electron chi connectivity index (χ4n) is 1.56. The molecule has 2 aromatic rings. The number of hydrogen-bond acceptors (Lipinski definition) is 3. The summed E-state index contributed by atoms with van der Waals surface area (Å²) < 4.78 is 5.78. The maximum absolute atomic E-state index is 6.11. The Morgan fingerprint density at radius 1 is 1.16 bits per heavy atom. The van der Waals surface area contributed by atoms with Crippen molar-refractivity contribution < 1.29 is 4.74 Å². The van der Waals surface area contributed by atoms with Crippen LogP contribution >= 0.6 is 23.2 Å². The van der Waals surface area contributed by atoms with Crippen LogP contribution in [0.5, 0.6) is 11.6 Å². The molecule has 0 atom stereocenters. The summed E-state index contributed by atoms with van der Waals surface area (Å²) in [6.07, 6.45) is 0.692. The van der Waals surface area contributed by atoms with Gasteiger partial charge in [0.25, 0.3) is 0 Å². The summed E-state index contributed by atoms with van der Waals surface area (Å²) in [7, 11) is 0. The van der Waals surface area contributed by atoms with E-state index in [9.17, 15) is 0 Å². The van der Waals surface area contributed by atoms with Crippen LogP contribution in [0.1, 0.15) is 23.9 Å². The molecular weight excluding hydrogens is 283 g/mol. The van der Waals surface area contributed by atoms with Crippen LogP contribution in [-0.4, -0.2) is 9.97 Å². The number of aromatic nitrogens is 2. The van der Waals surface area contributed by atoms with Crippen LogP contribution < -0.4 is 4.74 Å². The second-order valence-electron chi connectivity index (χ2n) is 4.25. The predicted octanol–water partition coefficient (Wildman–Crippen LogP) is 4.75. The molecule has 1 heterocycles. The molecule has 0 aliphatic heterocycles. The van der Waals surface area contributed by atoms with Gasteiger partial charge in [0.2, 0.25) is 5.88 Å². The zero-order chi connectivity index (χ0) is 14.0. The SMILES string of the molecule is CCc1nc(Cl)c(C)c(Oc2cc(C)ccc2Cl)n1. The number of halogens is 2. The highest BCUT2D eigenvalue weighted by Gasteiger charge is 2.12. The van der Waals surface area contributed by atoms with Crippen LogP contribution in [0.15, 0.2) is 18.2 Å². The van der Waals surface area contributed by atoms with Crippen molar-refractivity contribution >= 4 is 23.2 Å². The minimum absolute atomic E-state index is 0.408. The van der Waals surface area contributed by atoms with Crippen LogP contribution in [0.2, 0.25) is 10.2 Å². The number of rotatable bonds is 3. The summed E-state index contributed by atoms with van der Waals surface area (Å²) >= 11 is 12.2. The van der Waals surface area contributed by atoms with Gasteiger partial charge in [-0.3, -0.25) is 0 Å². The quantitative estimate of drug-likeness (QED) is 0.766. The smallest absolute Gasteiger partial charge is 0.227 e. The van der Waals surface area contributed by atoms with Crippen molar-refractivity contribution in [1.29, 1.82) is 0 Å². The lowest BCUT2D eigenvalue weighted by Gasteiger charge is -2.11. The van der Waals surface area contributed by atoms with Crippen molar-refractivity contribution in [2.75, 3.05) is 0 Å². The lowest BCUT2D eigenvalue weighted by molar-refractivity contribution is 0.454. The van der Waals surface area contributed by atoms with E-state index in [1.807, 2.05) is 32.9 Å². The average molecular weight is 297 g/mol. The normalized spacial score (nSPS) is 10.6. The summed E-state index contributed by atoms with van der Waals surface area (Å²) in [5.74, 6) is 1.67. The van der Waals surface area contributed by atoms with Crippen LogP contribution in [0.3, 0.4) is 0 Å². The monoisotopic (exact) mass is 296 g/mol. The van der Waals surface area contributed by atoms with Gasteiger partial charge < -0.3 is 4.74 Å². The minimum Gasteiger partial charge on any atom is -0.437 e. The fraction of sp³-hybridized carbons (Fsp3) is 0.286. The zero-order valence-electron chi connectivity index (χ0n) is 11.0. The summed E-state index contributed by atoms with van der Waals surface area (Å²) in [5, 5.41) is 0.948. The van der Waals surface area contributed by atoms with Gasteiger partial charge in [0.15, 0.2) is 0 Å². The van der Waals surface area contributed by atoms with E-state index in [1.54, 1.807) is 6.07 Å². The van der Waals surface area contributed by atoms with E-state index in [-0.39, 0.29) is 0 Å². The molecular formula is C14H14Cl2N2O. The first-order chi connectivity index (χ1) is 9.01. The maximum atomic E-state index is 6.11. The first kappa shape index (κ1) is 14.1. The van der Waals surface area contributed by atoms with E-state index in [4.69, 9.17) is 27.9 Å². The Labute approximate surface area is 122 Å². The van der Waals surface area contributed by atoms with Crippen molar-refractivity contribution in [1.82, 2.24) is 9.97 Å². The predicted molar refractivity (Wildman–Crippen MR) is 77.4 cm³/mol. The topological polar surface area (TPSA) is 35.0 Å². The van der Waals surface area contributed by atoms with Crippen molar-refractivity contribution in [2.24, 2.45) is 0 Å². The number of benzene rings is 1. The van der Waals surface area contributed by atoms with Gasteiger partial charge in [0.1, 0.15) is 16.7 Å². The lowest BCUT2D eigenvalue weighted by atomic mass is 10.2. The van der Waals surface area contributed by atoms with Crippen LogP contribution in [0, 0.1) is 13.8 Å². The molecule has 0 amide bonds. The van der Waals surface area contributed by atoms with Gasteiger partial charge in [-0.25, -0.2) is 4.98 Å². The third kappa shape index (κ3) is 3.17. The van der Waals surface area contributed by atoms with Gasteiger partial charge in [-0.15, -0.1) is 0 Å². The molecule has 0 fully saturated rings. The molecule has 1 aromatic carbocycles. The molecule has 0 N–H and O–H groups in total. The first-order valence-corrected chi connectivity index (χ1v) is 6.74. The van der Waals surface area contributed by atoms with E-state index < -0.39 is 0 Å². The summed E-state index contributed by atoms with van der Waals surface area (Å²) in [4.78, 5) is 8.52. The molecule has 0 saturated carbocycles.